The number of rotatable bonds is 6. The van der Waals surface area contributed by atoms with E-state index in [2.05, 4.69) is 27.3 Å². The molecule has 1 aromatic carbocycles. The highest BCUT2D eigenvalue weighted by atomic mass is 32.2. The molecule has 0 unspecified atom stereocenters. The Bertz CT molecular complexity index is 1130. The van der Waals surface area contributed by atoms with Gasteiger partial charge in [-0.2, -0.15) is 23.5 Å². The minimum absolute atomic E-state index is 0.0526. The standard InChI is InChI=1S/C31H49N5O5S2/c1-7-21(4)26-28(40)36-31(17-32,18-37)19-43-16-23-10-8-9-22(14-23)15-42-12-11-25(38)35-30(5,6)29(41)33-24(13-20(2)3)27(39)34-26/h8-10,14,18,20-21,24,26H,7,11-13,15-17,19,32H2,1-6H3,(H,33,41)(H,34,39)(H,35,38)(H,36,40)/t21-,24-,26-,31-/m0/s1. The molecule has 0 aromatic heterocycles. The van der Waals surface area contributed by atoms with E-state index in [1.165, 1.54) is 11.8 Å². The lowest BCUT2D eigenvalue weighted by atomic mass is 9.94. The first-order valence-corrected chi connectivity index (χ1v) is 17.2. The van der Waals surface area contributed by atoms with Crippen LogP contribution in [0.25, 0.3) is 0 Å². The van der Waals surface area contributed by atoms with E-state index >= 15 is 0 Å². The summed E-state index contributed by atoms with van der Waals surface area (Å²) in [7, 11) is 0. The number of hydrogen-bond acceptors (Lipinski definition) is 8. The van der Waals surface area contributed by atoms with Crippen LogP contribution in [0, 0.1) is 11.8 Å². The molecule has 43 heavy (non-hydrogen) atoms. The van der Waals surface area contributed by atoms with E-state index < -0.39 is 40.9 Å². The van der Waals surface area contributed by atoms with Crippen molar-refractivity contribution in [2.75, 3.05) is 18.1 Å². The Labute approximate surface area is 264 Å². The van der Waals surface area contributed by atoms with Crippen LogP contribution in [0.1, 0.15) is 71.9 Å². The van der Waals surface area contributed by atoms with Gasteiger partial charge in [-0.25, -0.2) is 0 Å². The molecular formula is C31H49N5O5S2. The van der Waals surface area contributed by atoms with Crippen LogP contribution in [0.4, 0.5) is 0 Å². The molecule has 1 heterocycles. The maximum absolute atomic E-state index is 13.6. The van der Waals surface area contributed by atoms with Crippen LogP contribution in [-0.4, -0.2) is 71.1 Å². The molecule has 1 aliphatic rings. The normalized spacial score (nSPS) is 25.7. The monoisotopic (exact) mass is 635 g/mol. The predicted molar refractivity (Wildman–Crippen MR) is 174 cm³/mol. The minimum atomic E-state index is -1.31. The molecule has 4 amide bonds. The van der Waals surface area contributed by atoms with Crippen LogP contribution in [0.3, 0.4) is 0 Å². The maximum Gasteiger partial charge on any atom is 0.245 e. The number of carbonyl (C=O) groups is 5. The number of fused-ring (bicyclic) bond motifs is 2. The number of hydrogen-bond donors (Lipinski definition) is 5. The summed E-state index contributed by atoms with van der Waals surface area (Å²) in [6.45, 7) is 10.7. The third-order valence-electron chi connectivity index (χ3n) is 7.47. The first-order valence-electron chi connectivity index (χ1n) is 14.9. The van der Waals surface area contributed by atoms with Crippen molar-refractivity contribution < 1.29 is 24.0 Å². The molecule has 0 radical (unpaired) electrons. The molecule has 0 saturated carbocycles. The smallest absolute Gasteiger partial charge is 0.245 e. The predicted octanol–water partition coefficient (Wildman–Crippen LogP) is 2.53. The van der Waals surface area contributed by atoms with Gasteiger partial charge in [0.25, 0.3) is 0 Å². The summed E-state index contributed by atoms with van der Waals surface area (Å²) in [5, 5.41) is 11.3. The van der Waals surface area contributed by atoms with E-state index in [0.29, 0.717) is 30.6 Å². The number of aldehydes is 1. The molecule has 0 aliphatic carbocycles. The zero-order valence-electron chi connectivity index (χ0n) is 26.3. The lowest BCUT2D eigenvalue weighted by molar-refractivity contribution is -0.136. The van der Waals surface area contributed by atoms with Gasteiger partial charge in [0.05, 0.1) is 0 Å². The number of nitrogens with one attached hydrogen (secondary N) is 4. The number of carbonyl (C=O) groups excluding carboxylic acids is 5. The van der Waals surface area contributed by atoms with Crippen molar-refractivity contribution in [3.05, 3.63) is 35.4 Å². The van der Waals surface area contributed by atoms with Crippen LogP contribution in [0.5, 0.6) is 0 Å². The lowest BCUT2D eigenvalue weighted by Gasteiger charge is -2.33. The van der Waals surface area contributed by atoms with Gasteiger partial charge in [0, 0.05) is 36.0 Å². The molecule has 0 fully saturated rings. The van der Waals surface area contributed by atoms with E-state index in [4.69, 9.17) is 5.73 Å². The fraction of sp³-hybridized carbons (Fsp3) is 0.645. The molecule has 0 spiro atoms. The van der Waals surface area contributed by atoms with Crippen molar-refractivity contribution in [2.45, 2.75) is 95.5 Å². The molecule has 0 saturated heterocycles. The van der Waals surface area contributed by atoms with Gasteiger partial charge in [-0.3, -0.25) is 19.2 Å². The Morgan fingerprint density at radius 1 is 1.00 bits per heavy atom. The Balaban J connectivity index is 2.42. The SMILES string of the molecule is CC[C@H](C)[C@@H]1NC(=O)[C@H](CC(C)C)NC(=O)C(C)(C)NC(=O)CCSCc2cccc(c2)CSC[C@@](C=O)(CN)NC1=O. The summed E-state index contributed by atoms with van der Waals surface area (Å²) in [5.41, 5.74) is 5.64. The van der Waals surface area contributed by atoms with Crippen molar-refractivity contribution in [1.82, 2.24) is 21.3 Å². The molecule has 2 rings (SSSR count). The highest BCUT2D eigenvalue weighted by Crippen LogP contribution is 2.21. The highest BCUT2D eigenvalue weighted by Gasteiger charge is 2.38. The van der Waals surface area contributed by atoms with Crippen LogP contribution in [0.15, 0.2) is 24.3 Å². The van der Waals surface area contributed by atoms with Crippen molar-refractivity contribution in [3.8, 4) is 0 Å². The third kappa shape index (κ3) is 11.5. The maximum atomic E-state index is 13.6. The topological polar surface area (TPSA) is 159 Å². The largest absolute Gasteiger partial charge is 0.342 e. The van der Waals surface area contributed by atoms with Gasteiger partial charge in [0.15, 0.2) is 0 Å². The summed E-state index contributed by atoms with van der Waals surface area (Å²) >= 11 is 3.11. The van der Waals surface area contributed by atoms with Crippen LogP contribution in [0.2, 0.25) is 0 Å². The van der Waals surface area contributed by atoms with Crippen molar-refractivity contribution in [1.29, 1.82) is 0 Å². The summed E-state index contributed by atoms with van der Waals surface area (Å²) in [4.78, 5) is 65.6. The fourth-order valence-corrected chi connectivity index (χ4v) is 6.59. The molecular weight excluding hydrogens is 587 g/mol. The van der Waals surface area contributed by atoms with Gasteiger partial charge < -0.3 is 31.8 Å². The molecule has 12 heteroatoms. The van der Waals surface area contributed by atoms with E-state index in [1.807, 2.05) is 45.9 Å². The van der Waals surface area contributed by atoms with Gasteiger partial charge in [-0.05, 0) is 43.2 Å². The second kappa shape index (κ2) is 17.1. The van der Waals surface area contributed by atoms with Gasteiger partial charge in [-0.1, -0.05) is 58.4 Å². The number of nitrogens with two attached hydrogens (primary N) is 1. The third-order valence-corrected chi connectivity index (χ3v) is 9.75. The zero-order valence-corrected chi connectivity index (χ0v) is 27.9. The molecule has 1 aliphatic heterocycles. The molecule has 6 N–H and O–H groups in total. The van der Waals surface area contributed by atoms with Gasteiger partial charge in [0.2, 0.25) is 23.6 Å². The molecule has 1 aromatic rings. The first-order chi connectivity index (χ1) is 20.3. The van der Waals surface area contributed by atoms with Crippen LogP contribution < -0.4 is 27.0 Å². The summed E-state index contributed by atoms with van der Waals surface area (Å²) in [6.07, 6.45) is 1.83. The minimum Gasteiger partial charge on any atom is -0.342 e. The second-order valence-electron chi connectivity index (χ2n) is 12.3. The zero-order chi connectivity index (χ0) is 32.2. The van der Waals surface area contributed by atoms with Crippen molar-refractivity contribution >= 4 is 53.4 Å². The van der Waals surface area contributed by atoms with Crippen molar-refractivity contribution in [2.24, 2.45) is 17.6 Å². The quantitative estimate of drug-likeness (QED) is 0.298. The van der Waals surface area contributed by atoms with Gasteiger partial charge in [-0.15, -0.1) is 0 Å². The van der Waals surface area contributed by atoms with Gasteiger partial charge in [0.1, 0.15) is 29.4 Å². The molecule has 240 valence electrons. The molecule has 10 nitrogen and oxygen atoms in total. The summed E-state index contributed by atoms with van der Waals surface area (Å²) < 4.78 is 0. The van der Waals surface area contributed by atoms with E-state index in [-0.39, 0.29) is 36.5 Å². The summed E-state index contributed by atoms with van der Waals surface area (Å²) in [6, 6.07) is 6.20. The Kier molecular flexibility index (Phi) is 14.5. The number of thioether (sulfide) groups is 2. The summed E-state index contributed by atoms with van der Waals surface area (Å²) in [5.74, 6) is 0.179. The van der Waals surface area contributed by atoms with Crippen LogP contribution in [-0.2, 0) is 35.5 Å². The number of amides is 4. The Morgan fingerprint density at radius 3 is 2.23 bits per heavy atom. The van der Waals surface area contributed by atoms with Gasteiger partial charge >= 0.3 is 0 Å². The fourth-order valence-electron chi connectivity index (χ4n) is 4.56. The Morgan fingerprint density at radius 2 is 1.65 bits per heavy atom. The highest BCUT2D eigenvalue weighted by molar-refractivity contribution is 7.98. The molecule has 2 bridgehead atoms. The number of benzene rings is 1. The van der Waals surface area contributed by atoms with E-state index in [0.717, 1.165) is 16.9 Å². The van der Waals surface area contributed by atoms with Crippen molar-refractivity contribution in [3.63, 3.8) is 0 Å². The lowest BCUT2D eigenvalue weighted by Crippen LogP contribution is -2.64. The molecule has 4 atom stereocenters. The Hall–Kier alpha value is -2.57. The average Bonchev–Trinajstić information content (AvgIpc) is 2.95. The van der Waals surface area contributed by atoms with Crippen LogP contribution >= 0.6 is 23.5 Å². The van der Waals surface area contributed by atoms with E-state index in [9.17, 15) is 24.0 Å². The average molecular weight is 636 g/mol. The second-order valence-corrected chi connectivity index (χ2v) is 14.4. The first kappa shape index (κ1) is 36.6. The van der Waals surface area contributed by atoms with E-state index in [1.54, 1.807) is 25.6 Å².